The van der Waals surface area contributed by atoms with E-state index in [0.717, 1.165) is 28.5 Å². The first-order valence-electron chi connectivity index (χ1n) is 7.76. The third-order valence-electron chi connectivity index (χ3n) is 3.95. The van der Waals surface area contributed by atoms with E-state index in [-0.39, 0.29) is 5.56 Å². The molecule has 0 atom stereocenters. The number of carbonyl (C=O) groups is 1. The van der Waals surface area contributed by atoms with Crippen molar-refractivity contribution in [3.8, 4) is 0 Å². The van der Waals surface area contributed by atoms with E-state index in [0.29, 0.717) is 6.54 Å². The molecule has 1 N–H and O–H groups in total. The average molecular weight is 375 g/mol. The van der Waals surface area contributed by atoms with Gasteiger partial charge >= 0.3 is 5.76 Å². The molecule has 0 aliphatic carbocycles. The van der Waals surface area contributed by atoms with E-state index < -0.39 is 26.4 Å². The molecule has 0 unspecified atom stereocenters. The molecule has 4 nitrogen and oxygen atoms in total. The maximum absolute atomic E-state index is 12.5. The number of fused-ring (bicyclic) bond motifs is 1. The number of halogens is 2. The third-order valence-corrected chi connectivity index (χ3v) is 5.34. The standard InChI is InChI=1S/C19H15F2NO3S/c20-19(21)26(24,25)17-9-7-15(8-10-17)18(23)22-12-13-5-6-14-3-1-2-4-16(14)11-13/h1-11,19H,12H2,(H,22,23). The van der Waals surface area contributed by atoms with Crippen molar-refractivity contribution in [2.24, 2.45) is 0 Å². The second-order valence-corrected chi connectivity index (χ2v) is 7.61. The van der Waals surface area contributed by atoms with Gasteiger partial charge in [0.1, 0.15) is 0 Å². The van der Waals surface area contributed by atoms with Crippen molar-refractivity contribution in [2.75, 3.05) is 0 Å². The molecule has 0 radical (unpaired) electrons. The smallest absolute Gasteiger partial charge is 0.341 e. The predicted octanol–water partition coefficient (Wildman–Crippen LogP) is 3.77. The van der Waals surface area contributed by atoms with Gasteiger partial charge in [0.15, 0.2) is 0 Å². The molecular weight excluding hydrogens is 360 g/mol. The summed E-state index contributed by atoms with van der Waals surface area (Å²) in [5.74, 6) is -3.91. The van der Waals surface area contributed by atoms with Crippen molar-refractivity contribution in [3.05, 3.63) is 77.9 Å². The highest BCUT2D eigenvalue weighted by Gasteiger charge is 2.26. The van der Waals surface area contributed by atoms with Crippen molar-refractivity contribution in [1.29, 1.82) is 0 Å². The van der Waals surface area contributed by atoms with Crippen LogP contribution in [-0.2, 0) is 16.4 Å². The number of alkyl halides is 2. The SMILES string of the molecule is O=C(NCc1ccc2ccccc2c1)c1ccc(S(=O)(=O)C(F)F)cc1. The summed E-state index contributed by atoms with van der Waals surface area (Å²) in [7, 11) is -4.66. The molecule has 0 heterocycles. The van der Waals surface area contributed by atoms with Gasteiger partial charge in [0.2, 0.25) is 9.84 Å². The number of sulfone groups is 1. The molecule has 7 heteroatoms. The van der Waals surface area contributed by atoms with Crippen LogP contribution in [0.5, 0.6) is 0 Å². The Hall–Kier alpha value is -2.80. The van der Waals surface area contributed by atoms with Crippen molar-refractivity contribution in [1.82, 2.24) is 5.32 Å². The summed E-state index contributed by atoms with van der Waals surface area (Å²) in [5.41, 5.74) is 1.10. The summed E-state index contributed by atoms with van der Waals surface area (Å²) >= 11 is 0. The highest BCUT2D eigenvalue weighted by Crippen LogP contribution is 2.19. The Kier molecular flexibility index (Phi) is 4.99. The number of benzene rings is 3. The number of rotatable bonds is 5. The van der Waals surface area contributed by atoms with Crippen LogP contribution >= 0.6 is 0 Å². The molecule has 26 heavy (non-hydrogen) atoms. The van der Waals surface area contributed by atoms with Crippen molar-refractivity contribution in [3.63, 3.8) is 0 Å². The molecule has 0 fully saturated rings. The van der Waals surface area contributed by atoms with Crippen LogP contribution in [0, 0.1) is 0 Å². The van der Waals surface area contributed by atoms with Crippen LogP contribution in [0.4, 0.5) is 8.78 Å². The topological polar surface area (TPSA) is 63.2 Å². The molecule has 0 spiro atoms. The number of hydrogen-bond donors (Lipinski definition) is 1. The van der Waals surface area contributed by atoms with E-state index in [1.54, 1.807) is 0 Å². The van der Waals surface area contributed by atoms with E-state index in [1.807, 2.05) is 42.5 Å². The van der Waals surface area contributed by atoms with Crippen LogP contribution < -0.4 is 5.32 Å². The molecule has 0 aromatic heterocycles. The molecule has 1 amide bonds. The van der Waals surface area contributed by atoms with E-state index in [1.165, 1.54) is 12.1 Å². The summed E-state index contributed by atoms with van der Waals surface area (Å²) in [5, 5.41) is 4.88. The second kappa shape index (κ2) is 7.21. The van der Waals surface area contributed by atoms with Crippen LogP contribution in [0.3, 0.4) is 0 Å². The van der Waals surface area contributed by atoms with Gasteiger partial charge in [0.05, 0.1) is 4.90 Å². The maximum Gasteiger partial charge on any atom is 0.341 e. The zero-order chi connectivity index (χ0) is 18.7. The van der Waals surface area contributed by atoms with Gasteiger partial charge in [-0.05, 0) is 46.7 Å². The summed E-state index contributed by atoms with van der Waals surface area (Å²) in [6, 6.07) is 18.1. The van der Waals surface area contributed by atoms with E-state index in [4.69, 9.17) is 0 Å². The van der Waals surface area contributed by atoms with Gasteiger partial charge in [-0.1, -0.05) is 36.4 Å². The van der Waals surface area contributed by atoms with Gasteiger partial charge in [0.25, 0.3) is 5.91 Å². The Morgan fingerprint density at radius 2 is 1.58 bits per heavy atom. The van der Waals surface area contributed by atoms with Crippen molar-refractivity contribution in [2.45, 2.75) is 17.2 Å². The first-order chi connectivity index (χ1) is 12.4. The van der Waals surface area contributed by atoms with Crippen LogP contribution in [0.1, 0.15) is 15.9 Å². The van der Waals surface area contributed by atoms with Gasteiger partial charge in [-0.15, -0.1) is 0 Å². The highest BCUT2D eigenvalue weighted by molar-refractivity contribution is 7.91. The van der Waals surface area contributed by atoms with Gasteiger partial charge in [-0.25, -0.2) is 8.42 Å². The lowest BCUT2D eigenvalue weighted by molar-refractivity contribution is 0.0951. The zero-order valence-corrected chi connectivity index (χ0v) is 14.3. The molecule has 134 valence electrons. The predicted molar refractivity (Wildman–Crippen MR) is 94.8 cm³/mol. The maximum atomic E-state index is 12.5. The summed E-state index contributed by atoms with van der Waals surface area (Å²) in [6.45, 7) is 0.292. The fraction of sp³-hybridized carbons (Fsp3) is 0.105. The average Bonchev–Trinajstić information content (AvgIpc) is 2.66. The Morgan fingerprint density at radius 3 is 2.23 bits per heavy atom. The summed E-state index contributed by atoms with van der Waals surface area (Å²) in [4.78, 5) is 11.7. The molecule has 3 rings (SSSR count). The number of nitrogens with one attached hydrogen (secondary N) is 1. The first kappa shape index (κ1) is 18.0. The lowest BCUT2D eigenvalue weighted by Gasteiger charge is -2.08. The fourth-order valence-electron chi connectivity index (χ4n) is 2.53. The fourth-order valence-corrected chi connectivity index (χ4v) is 3.25. The Bertz CT molecular complexity index is 1050. The molecule has 0 saturated carbocycles. The number of amides is 1. The quantitative estimate of drug-likeness (QED) is 0.738. The first-order valence-corrected chi connectivity index (χ1v) is 9.30. The lowest BCUT2D eigenvalue weighted by atomic mass is 10.1. The Labute approximate surface area is 149 Å². The van der Waals surface area contributed by atoms with Crippen molar-refractivity contribution < 1.29 is 22.0 Å². The molecule has 0 bridgehead atoms. The summed E-state index contributed by atoms with van der Waals surface area (Å²) in [6.07, 6.45) is 0. The van der Waals surface area contributed by atoms with Gasteiger partial charge in [0, 0.05) is 12.1 Å². The van der Waals surface area contributed by atoms with Crippen LogP contribution in [0.25, 0.3) is 10.8 Å². The molecular formula is C19H15F2NO3S. The van der Waals surface area contributed by atoms with E-state index in [9.17, 15) is 22.0 Å². The van der Waals surface area contributed by atoms with Crippen LogP contribution in [0.15, 0.2) is 71.6 Å². The van der Waals surface area contributed by atoms with Crippen molar-refractivity contribution >= 4 is 26.5 Å². The zero-order valence-electron chi connectivity index (χ0n) is 13.5. The lowest BCUT2D eigenvalue weighted by Crippen LogP contribution is -2.22. The molecule has 0 aliphatic rings. The second-order valence-electron chi connectivity index (χ2n) is 5.69. The highest BCUT2D eigenvalue weighted by atomic mass is 32.2. The minimum absolute atomic E-state index is 0.194. The third kappa shape index (κ3) is 3.72. The van der Waals surface area contributed by atoms with Gasteiger partial charge < -0.3 is 5.32 Å². The minimum Gasteiger partial charge on any atom is -0.348 e. The van der Waals surface area contributed by atoms with E-state index >= 15 is 0 Å². The molecule has 0 aliphatic heterocycles. The monoisotopic (exact) mass is 375 g/mol. The molecule has 0 saturated heterocycles. The van der Waals surface area contributed by atoms with Gasteiger partial charge in [-0.2, -0.15) is 8.78 Å². The largest absolute Gasteiger partial charge is 0.348 e. The Morgan fingerprint density at radius 1 is 0.923 bits per heavy atom. The van der Waals surface area contributed by atoms with Crippen LogP contribution in [-0.4, -0.2) is 20.1 Å². The summed E-state index contributed by atoms with van der Waals surface area (Å²) < 4.78 is 47.8. The Balaban J connectivity index is 1.69. The van der Waals surface area contributed by atoms with Gasteiger partial charge in [-0.3, -0.25) is 4.79 Å². The van der Waals surface area contributed by atoms with E-state index in [2.05, 4.69) is 5.32 Å². The normalized spacial score (nSPS) is 11.7. The minimum atomic E-state index is -4.66. The number of hydrogen-bond acceptors (Lipinski definition) is 3. The number of carbonyl (C=O) groups excluding carboxylic acids is 1. The molecule has 3 aromatic carbocycles. The molecule has 3 aromatic rings. The van der Waals surface area contributed by atoms with Crippen LogP contribution in [0.2, 0.25) is 0 Å².